The monoisotopic (exact) mass is 280 g/mol. The number of benzene rings is 2. The molecule has 2 aromatic carbocycles. The minimum Gasteiger partial charge on any atom is -0.388 e. The molecule has 19 heavy (non-hydrogen) atoms. The summed E-state index contributed by atoms with van der Waals surface area (Å²) in [5, 5.41) is 10.0. The van der Waals surface area contributed by atoms with Gasteiger partial charge in [-0.1, -0.05) is 18.2 Å². The summed E-state index contributed by atoms with van der Waals surface area (Å²) in [5.41, 5.74) is 1.27. The van der Waals surface area contributed by atoms with Gasteiger partial charge in [-0.2, -0.15) is 0 Å². The summed E-state index contributed by atoms with van der Waals surface area (Å²) in [7, 11) is 0. The fourth-order valence-corrected chi connectivity index (χ4v) is 2.69. The molecule has 0 spiro atoms. The molecule has 0 fully saturated rings. The molecule has 0 saturated heterocycles. The van der Waals surface area contributed by atoms with E-state index in [0.29, 0.717) is 10.5 Å². The van der Waals surface area contributed by atoms with Gasteiger partial charge in [0.15, 0.2) is 0 Å². The number of thioether (sulfide) groups is 1. The average molecular weight is 280 g/mol. The van der Waals surface area contributed by atoms with Crippen LogP contribution in [0.2, 0.25) is 0 Å². The Morgan fingerprint density at radius 3 is 2.58 bits per heavy atom. The Kier molecular flexibility index (Phi) is 4.56. The number of halogens is 2. The van der Waals surface area contributed by atoms with Gasteiger partial charge in [-0.05, 0) is 42.3 Å². The minimum absolute atomic E-state index is 0.282. The maximum Gasteiger partial charge on any atom is 0.136 e. The number of rotatable bonds is 4. The zero-order valence-corrected chi connectivity index (χ0v) is 11.3. The molecule has 100 valence electrons. The summed E-state index contributed by atoms with van der Waals surface area (Å²) in [6.45, 7) is 1.77. The number of aliphatic hydroxyl groups excluding tert-OH is 1. The Labute approximate surface area is 115 Å². The van der Waals surface area contributed by atoms with Crippen molar-refractivity contribution in [2.24, 2.45) is 0 Å². The average Bonchev–Trinajstić information content (AvgIpc) is 2.36. The molecule has 1 N–H and O–H groups in total. The largest absolute Gasteiger partial charge is 0.388 e. The van der Waals surface area contributed by atoms with E-state index in [4.69, 9.17) is 0 Å². The van der Waals surface area contributed by atoms with E-state index in [9.17, 15) is 13.9 Å². The Hall–Kier alpha value is -1.39. The molecule has 4 heteroatoms. The van der Waals surface area contributed by atoms with E-state index in [2.05, 4.69) is 0 Å². The molecule has 1 unspecified atom stereocenters. The summed E-state index contributed by atoms with van der Waals surface area (Å²) < 4.78 is 26.6. The minimum atomic E-state index is -0.820. The molecule has 0 aliphatic heterocycles. The third kappa shape index (κ3) is 3.78. The van der Waals surface area contributed by atoms with Gasteiger partial charge in [-0.25, -0.2) is 8.78 Å². The smallest absolute Gasteiger partial charge is 0.136 e. The molecule has 0 heterocycles. The van der Waals surface area contributed by atoms with Crippen molar-refractivity contribution in [3.05, 3.63) is 65.2 Å². The SMILES string of the molecule is Cc1cc(F)cc(C(O)CSc2ccccc2F)c1. The maximum absolute atomic E-state index is 13.4. The molecule has 2 rings (SSSR count). The zero-order chi connectivity index (χ0) is 13.8. The number of hydrogen-bond acceptors (Lipinski definition) is 2. The number of aryl methyl sites for hydroxylation is 1. The first kappa shape index (κ1) is 14.0. The van der Waals surface area contributed by atoms with Gasteiger partial charge in [0.2, 0.25) is 0 Å². The van der Waals surface area contributed by atoms with Gasteiger partial charge in [0.25, 0.3) is 0 Å². The van der Waals surface area contributed by atoms with Gasteiger partial charge < -0.3 is 5.11 Å². The quantitative estimate of drug-likeness (QED) is 0.851. The normalized spacial score (nSPS) is 12.4. The van der Waals surface area contributed by atoms with Crippen LogP contribution in [0.3, 0.4) is 0 Å². The lowest BCUT2D eigenvalue weighted by molar-refractivity contribution is 0.203. The molecule has 0 saturated carbocycles. The molecule has 0 amide bonds. The lowest BCUT2D eigenvalue weighted by atomic mass is 10.1. The fourth-order valence-electron chi connectivity index (χ4n) is 1.78. The summed E-state index contributed by atoms with van der Waals surface area (Å²) >= 11 is 1.21. The highest BCUT2D eigenvalue weighted by Gasteiger charge is 2.11. The molecule has 2 aromatic rings. The molecular weight excluding hydrogens is 266 g/mol. The summed E-state index contributed by atoms with van der Waals surface area (Å²) in [6.07, 6.45) is -0.820. The second-order valence-electron chi connectivity index (χ2n) is 4.32. The lowest BCUT2D eigenvalue weighted by Gasteiger charge is -2.12. The van der Waals surface area contributed by atoms with Crippen molar-refractivity contribution in [3.8, 4) is 0 Å². The Balaban J connectivity index is 2.05. The third-order valence-electron chi connectivity index (χ3n) is 2.68. The van der Waals surface area contributed by atoms with Crippen molar-refractivity contribution in [2.45, 2.75) is 17.9 Å². The lowest BCUT2D eigenvalue weighted by Crippen LogP contribution is -2.02. The van der Waals surface area contributed by atoms with Crippen molar-refractivity contribution in [3.63, 3.8) is 0 Å². The highest BCUT2D eigenvalue weighted by Crippen LogP contribution is 2.27. The first-order valence-corrected chi connectivity index (χ1v) is 6.87. The Morgan fingerprint density at radius 2 is 1.89 bits per heavy atom. The van der Waals surface area contributed by atoms with Crippen LogP contribution in [-0.4, -0.2) is 10.9 Å². The molecular formula is C15H14F2OS. The Bertz CT molecular complexity index is 552. The van der Waals surface area contributed by atoms with Crippen LogP contribution in [0.5, 0.6) is 0 Å². The van der Waals surface area contributed by atoms with Crippen LogP contribution >= 0.6 is 11.8 Å². The van der Waals surface area contributed by atoms with Gasteiger partial charge >= 0.3 is 0 Å². The van der Waals surface area contributed by atoms with Crippen molar-refractivity contribution in [1.29, 1.82) is 0 Å². The number of hydrogen-bond donors (Lipinski definition) is 1. The summed E-state index contributed by atoms with van der Waals surface area (Å²) in [4.78, 5) is 0.481. The van der Waals surface area contributed by atoms with E-state index >= 15 is 0 Å². The van der Waals surface area contributed by atoms with E-state index in [1.54, 1.807) is 31.2 Å². The van der Waals surface area contributed by atoms with E-state index in [1.165, 1.54) is 30.0 Å². The highest BCUT2D eigenvalue weighted by molar-refractivity contribution is 7.99. The fraction of sp³-hybridized carbons (Fsp3) is 0.200. The molecule has 0 aliphatic rings. The first-order chi connectivity index (χ1) is 9.06. The topological polar surface area (TPSA) is 20.2 Å². The van der Waals surface area contributed by atoms with Crippen LogP contribution in [-0.2, 0) is 0 Å². The van der Waals surface area contributed by atoms with Crippen LogP contribution < -0.4 is 0 Å². The second kappa shape index (κ2) is 6.17. The molecule has 0 bridgehead atoms. The number of aliphatic hydroxyl groups is 1. The predicted octanol–water partition coefficient (Wildman–Crippen LogP) is 4.10. The first-order valence-electron chi connectivity index (χ1n) is 5.89. The molecule has 0 aromatic heterocycles. The van der Waals surface area contributed by atoms with Crippen LogP contribution in [0.15, 0.2) is 47.4 Å². The summed E-state index contributed by atoms with van der Waals surface area (Å²) in [6, 6.07) is 10.8. The van der Waals surface area contributed by atoms with Crippen LogP contribution in [0.25, 0.3) is 0 Å². The highest BCUT2D eigenvalue weighted by atomic mass is 32.2. The Morgan fingerprint density at radius 1 is 1.16 bits per heavy atom. The van der Waals surface area contributed by atoms with Gasteiger partial charge in [0.1, 0.15) is 11.6 Å². The molecule has 0 radical (unpaired) electrons. The molecule has 1 nitrogen and oxygen atoms in total. The standard InChI is InChI=1S/C15H14F2OS/c1-10-6-11(8-12(16)7-10)14(18)9-19-15-5-3-2-4-13(15)17/h2-8,14,18H,9H2,1H3. The van der Waals surface area contributed by atoms with Crippen LogP contribution in [0.4, 0.5) is 8.78 Å². The van der Waals surface area contributed by atoms with E-state index in [0.717, 1.165) is 5.56 Å². The summed E-state index contributed by atoms with van der Waals surface area (Å²) in [5.74, 6) is -0.399. The predicted molar refractivity (Wildman–Crippen MR) is 73.2 cm³/mol. The van der Waals surface area contributed by atoms with Gasteiger partial charge in [-0.3, -0.25) is 0 Å². The second-order valence-corrected chi connectivity index (χ2v) is 5.38. The van der Waals surface area contributed by atoms with Gasteiger partial charge in [0, 0.05) is 10.6 Å². The third-order valence-corrected chi connectivity index (χ3v) is 3.81. The van der Waals surface area contributed by atoms with Crippen molar-refractivity contribution >= 4 is 11.8 Å². The van der Waals surface area contributed by atoms with Crippen molar-refractivity contribution < 1.29 is 13.9 Å². The van der Waals surface area contributed by atoms with Gasteiger partial charge in [0.05, 0.1) is 6.10 Å². The van der Waals surface area contributed by atoms with Crippen molar-refractivity contribution in [1.82, 2.24) is 0 Å². The van der Waals surface area contributed by atoms with E-state index < -0.39 is 6.10 Å². The maximum atomic E-state index is 13.4. The van der Waals surface area contributed by atoms with Crippen molar-refractivity contribution in [2.75, 3.05) is 5.75 Å². The van der Waals surface area contributed by atoms with Crippen LogP contribution in [0, 0.1) is 18.6 Å². The molecule has 1 atom stereocenters. The van der Waals surface area contributed by atoms with Gasteiger partial charge in [-0.15, -0.1) is 11.8 Å². The molecule has 0 aliphatic carbocycles. The zero-order valence-electron chi connectivity index (χ0n) is 10.4. The van der Waals surface area contributed by atoms with Crippen LogP contribution in [0.1, 0.15) is 17.2 Å². The van der Waals surface area contributed by atoms with E-state index in [-0.39, 0.29) is 17.4 Å². The van der Waals surface area contributed by atoms with E-state index in [1.807, 2.05) is 0 Å².